The molecule has 0 radical (unpaired) electrons. The van der Waals surface area contributed by atoms with E-state index in [0.717, 1.165) is 0 Å². The molecule has 0 saturated carbocycles. The Labute approximate surface area is 76.0 Å². The summed E-state index contributed by atoms with van der Waals surface area (Å²) >= 11 is 0. The van der Waals surface area contributed by atoms with E-state index in [2.05, 4.69) is 10.1 Å². The number of amides is 2. The largest absolute Gasteiger partial charge is 0.384 e. The zero-order valence-electron chi connectivity index (χ0n) is 7.45. The number of aliphatic hydroxyl groups is 1. The summed E-state index contributed by atoms with van der Waals surface area (Å²) in [5.74, 6) is -1.14. The van der Waals surface area contributed by atoms with Gasteiger partial charge in [0.05, 0.1) is 13.2 Å². The Morgan fingerprint density at radius 1 is 1.62 bits per heavy atom. The monoisotopic (exact) mass is 190 g/mol. The molecule has 6 nitrogen and oxygen atoms in total. The van der Waals surface area contributed by atoms with Gasteiger partial charge in [-0.3, -0.25) is 9.59 Å². The van der Waals surface area contributed by atoms with Crippen LogP contribution in [0.3, 0.4) is 0 Å². The van der Waals surface area contributed by atoms with Crippen molar-refractivity contribution in [2.45, 2.75) is 12.5 Å². The normalized spacial score (nSPS) is 12.2. The maximum absolute atomic E-state index is 10.9. The summed E-state index contributed by atoms with van der Waals surface area (Å²) in [5, 5.41) is 11.2. The zero-order valence-corrected chi connectivity index (χ0v) is 7.45. The summed E-state index contributed by atoms with van der Waals surface area (Å²) in [7, 11) is 1.48. The van der Waals surface area contributed by atoms with Gasteiger partial charge < -0.3 is 20.9 Å². The van der Waals surface area contributed by atoms with E-state index < -0.39 is 12.0 Å². The van der Waals surface area contributed by atoms with Crippen molar-refractivity contribution in [3.8, 4) is 0 Å². The molecule has 13 heavy (non-hydrogen) atoms. The van der Waals surface area contributed by atoms with Gasteiger partial charge in [0.2, 0.25) is 11.8 Å². The van der Waals surface area contributed by atoms with Crippen LogP contribution in [0.1, 0.15) is 6.42 Å². The van der Waals surface area contributed by atoms with Gasteiger partial charge in [0.1, 0.15) is 6.10 Å². The van der Waals surface area contributed by atoms with Gasteiger partial charge in [0.25, 0.3) is 0 Å². The fourth-order valence-electron chi connectivity index (χ4n) is 0.594. The topological polar surface area (TPSA) is 102 Å². The number of carbonyl (C=O) groups excluding carboxylic acids is 2. The molecule has 0 aliphatic rings. The van der Waals surface area contributed by atoms with Gasteiger partial charge in [-0.2, -0.15) is 0 Å². The number of rotatable bonds is 6. The van der Waals surface area contributed by atoms with E-state index >= 15 is 0 Å². The summed E-state index contributed by atoms with van der Waals surface area (Å²) in [6.45, 7) is 0.149. The molecule has 0 bridgehead atoms. The Morgan fingerprint density at radius 3 is 2.69 bits per heavy atom. The fraction of sp³-hybridized carbons (Fsp3) is 0.714. The molecule has 4 N–H and O–H groups in total. The summed E-state index contributed by atoms with van der Waals surface area (Å²) in [6.07, 6.45) is -1.13. The van der Waals surface area contributed by atoms with Gasteiger partial charge >= 0.3 is 0 Å². The Bertz CT molecular complexity index is 183. The average Bonchev–Trinajstić information content (AvgIpc) is 2.10. The first-order valence-corrected chi connectivity index (χ1v) is 3.81. The third-order valence-corrected chi connectivity index (χ3v) is 1.35. The number of hydrogen-bond donors (Lipinski definition) is 3. The summed E-state index contributed by atoms with van der Waals surface area (Å²) < 4.78 is 4.65. The second-order valence-electron chi connectivity index (χ2n) is 2.47. The molecule has 76 valence electrons. The van der Waals surface area contributed by atoms with Crippen LogP contribution in [-0.4, -0.2) is 43.3 Å². The van der Waals surface area contributed by atoms with Crippen molar-refractivity contribution in [2.75, 3.05) is 20.3 Å². The maximum atomic E-state index is 10.9. The number of aliphatic hydroxyl groups excluding tert-OH is 1. The number of primary amides is 1. The van der Waals surface area contributed by atoms with Crippen LogP contribution >= 0.6 is 0 Å². The number of carbonyl (C=O) groups is 2. The predicted octanol–water partition coefficient (Wildman–Crippen LogP) is -2.01. The average molecular weight is 190 g/mol. The number of nitrogens with two attached hydrogens (primary N) is 1. The van der Waals surface area contributed by atoms with Gasteiger partial charge in [0, 0.05) is 13.5 Å². The van der Waals surface area contributed by atoms with Crippen molar-refractivity contribution >= 4 is 11.8 Å². The molecular weight excluding hydrogens is 176 g/mol. The molecule has 0 saturated heterocycles. The molecule has 0 aliphatic heterocycles. The minimum Gasteiger partial charge on any atom is -0.384 e. The lowest BCUT2D eigenvalue weighted by molar-refractivity contribution is -0.127. The highest BCUT2D eigenvalue weighted by atomic mass is 16.5. The van der Waals surface area contributed by atoms with Crippen LogP contribution in [0.2, 0.25) is 0 Å². The smallest absolute Gasteiger partial charge is 0.248 e. The first kappa shape index (κ1) is 11.9. The Kier molecular flexibility index (Phi) is 5.82. The van der Waals surface area contributed by atoms with Crippen molar-refractivity contribution in [1.29, 1.82) is 0 Å². The standard InChI is InChI=1S/C7H14N2O4/c1-13-3-2-6(11)9-4-5(10)7(8)12/h5,10H,2-4H2,1H3,(H2,8,12)(H,9,11). The van der Waals surface area contributed by atoms with E-state index in [1.54, 1.807) is 0 Å². The van der Waals surface area contributed by atoms with Crippen molar-refractivity contribution in [3.05, 3.63) is 0 Å². The zero-order chi connectivity index (χ0) is 10.3. The van der Waals surface area contributed by atoms with Gasteiger partial charge in [-0.15, -0.1) is 0 Å². The van der Waals surface area contributed by atoms with Crippen LogP contribution in [0.25, 0.3) is 0 Å². The molecule has 0 fully saturated rings. The first-order valence-electron chi connectivity index (χ1n) is 3.81. The van der Waals surface area contributed by atoms with E-state index in [1.807, 2.05) is 0 Å². The van der Waals surface area contributed by atoms with Gasteiger partial charge in [-0.25, -0.2) is 0 Å². The highest BCUT2D eigenvalue weighted by molar-refractivity contribution is 5.80. The quantitative estimate of drug-likeness (QED) is 0.450. The van der Waals surface area contributed by atoms with E-state index in [1.165, 1.54) is 7.11 Å². The van der Waals surface area contributed by atoms with Gasteiger partial charge in [-0.05, 0) is 0 Å². The Morgan fingerprint density at radius 2 is 2.23 bits per heavy atom. The number of nitrogens with one attached hydrogen (secondary N) is 1. The van der Waals surface area contributed by atoms with E-state index in [0.29, 0.717) is 6.61 Å². The van der Waals surface area contributed by atoms with Crippen LogP contribution in [0.15, 0.2) is 0 Å². The molecule has 0 aromatic rings. The summed E-state index contributed by atoms with van der Waals surface area (Å²) in [4.78, 5) is 21.2. The van der Waals surface area contributed by atoms with E-state index in [-0.39, 0.29) is 18.9 Å². The molecule has 0 aromatic heterocycles. The lowest BCUT2D eigenvalue weighted by Gasteiger charge is -2.07. The van der Waals surface area contributed by atoms with Crippen LogP contribution < -0.4 is 11.1 Å². The van der Waals surface area contributed by atoms with Crippen molar-refractivity contribution in [3.63, 3.8) is 0 Å². The van der Waals surface area contributed by atoms with Crippen molar-refractivity contribution < 1.29 is 19.4 Å². The van der Waals surface area contributed by atoms with Crippen LogP contribution in [0.4, 0.5) is 0 Å². The summed E-state index contributed by atoms with van der Waals surface area (Å²) in [6, 6.07) is 0. The second kappa shape index (κ2) is 6.38. The van der Waals surface area contributed by atoms with E-state index in [9.17, 15) is 9.59 Å². The molecule has 1 atom stereocenters. The first-order chi connectivity index (χ1) is 6.07. The SMILES string of the molecule is COCCC(=O)NCC(O)C(N)=O. The molecule has 0 rings (SSSR count). The maximum Gasteiger partial charge on any atom is 0.248 e. The third-order valence-electron chi connectivity index (χ3n) is 1.35. The minimum atomic E-state index is -1.33. The molecular formula is C7H14N2O4. The lowest BCUT2D eigenvalue weighted by atomic mass is 10.3. The Hall–Kier alpha value is -1.14. The molecule has 0 heterocycles. The number of ether oxygens (including phenoxy) is 1. The molecule has 0 aromatic carbocycles. The fourth-order valence-corrected chi connectivity index (χ4v) is 0.594. The molecule has 6 heteroatoms. The van der Waals surface area contributed by atoms with Crippen molar-refractivity contribution in [1.82, 2.24) is 5.32 Å². The van der Waals surface area contributed by atoms with Crippen LogP contribution in [0, 0.1) is 0 Å². The Balaban J connectivity index is 3.52. The third kappa shape index (κ3) is 6.06. The van der Waals surface area contributed by atoms with Crippen LogP contribution in [0.5, 0.6) is 0 Å². The molecule has 2 amide bonds. The molecule has 0 spiro atoms. The highest BCUT2D eigenvalue weighted by Gasteiger charge is 2.11. The second-order valence-corrected chi connectivity index (χ2v) is 2.47. The van der Waals surface area contributed by atoms with Crippen molar-refractivity contribution in [2.24, 2.45) is 5.73 Å². The van der Waals surface area contributed by atoms with Gasteiger partial charge in [-0.1, -0.05) is 0 Å². The number of hydrogen-bond acceptors (Lipinski definition) is 4. The lowest BCUT2D eigenvalue weighted by Crippen LogP contribution is -2.40. The van der Waals surface area contributed by atoms with Crippen LogP contribution in [-0.2, 0) is 14.3 Å². The molecule has 1 unspecified atom stereocenters. The van der Waals surface area contributed by atoms with Gasteiger partial charge in [0.15, 0.2) is 0 Å². The number of methoxy groups -OCH3 is 1. The minimum absolute atomic E-state index is 0.155. The van der Waals surface area contributed by atoms with E-state index in [4.69, 9.17) is 10.8 Å². The molecule has 0 aliphatic carbocycles. The summed E-state index contributed by atoms with van der Waals surface area (Å²) in [5.41, 5.74) is 4.76. The highest BCUT2D eigenvalue weighted by Crippen LogP contribution is 1.82. The predicted molar refractivity (Wildman–Crippen MR) is 44.7 cm³/mol.